The van der Waals surface area contributed by atoms with Gasteiger partial charge in [0.05, 0.1) is 29.8 Å². The first kappa shape index (κ1) is 19.9. The molecule has 1 saturated carbocycles. The number of amides is 2. The van der Waals surface area contributed by atoms with Crippen LogP contribution in [0.5, 0.6) is 0 Å². The highest BCUT2D eigenvalue weighted by atomic mass is 16.5. The molecular formula is C22H21N7O3. The summed E-state index contributed by atoms with van der Waals surface area (Å²) in [5.41, 5.74) is 1.24. The molecule has 3 aromatic heterocycles. The SMILES string of the molecule is Cc1nc(-c2cn([C@H](CC#N)C3CCCC3)nc2N2C(=O)C=CC2=O)c2ccn(O)c2n1. The smallest absolute Gasteiger partial charge is 0.259 e. The van der Waals surface area contributed by atoms with Gasteiger partial charge in [-0.3, -0.25) is 14.3 Å². The average molecular weight is 431 g/mol. The van der Waals surface area contributed by atoms with Crippen LogP contribution in [0.1, 0.15) is 44.0 Å². The minimum absolute atomic E-state index is 0.163. The van der Waals surface area contributed by atoms with Crippen LogP contribution in [0.4, 0.5) is 5.82 Å². The normalized spacial score (nSPS) is 17.6. The topological polar surface area (TPSA) is 130 Å². The van der Waals surface area contributed by atoms with Gasteiger partial charge in [-0.05, 0) is 31.7 Å². The van der Waals surface area contributed by atoms with Gasteiger partial charge in [0.15, 0.2) is 11.5 Å². The highest BCUT2D eigenvalue weighted by Crippen LogP contribution is 2.40. The van der Waals surface area contributed by atoms with E-state index in [0.29, 0.717) is 34.0 Å². The Labute approximate surface area is 183 Å². The third-order valence-electron chi connectivity index (χ3n) is 6.21. The third kappa shape index (κ3) is 3.13. The summed E-state index contributed by atoms with van der Waals surface area (Å²) in [4.78, 5) is 34.9. The van der Waals surface area contributed by atoms with Gasteiger partial charge in [-0.25, -0.2) is 14.9 Å². The molecule has 0 radical (unpaired) electrons. The molecule has 0 bridgehead atoms. The van der Waals surface area contributed by atoms with Crippen molar-refractivity contribution in [1.29, 1.82) is 5.26 Å². The minimum atomic E-state index is -0.485. The van der Waals surface area contributed by atoms with Crippen LogP contribution in [0.25, 0.3) is 22.3 Å². The number of hydrogen-bond acceptors (Lipinski definition) is 7. The van der Waals surface area contributed by atoms with E-state index < -0.39 is 11.8 Å². The van der Waals surface area contributed by atoms with Crippen molar-refractivity contribution in [2.24, 2.45) is 5.92 Å². The number of carbonyl (C=O) groups excluding carboxylic acids is 2. The summed E-state index contributed by atoms with van der Waals surface area (Å²) in [5, 5.41) is 24.8. The van der Waals surface area contributed by atoms with Gasteiger partial charge in [0.25, 0.3) is 11.8 Å². The summed E-state index contributed by atoms with van der Waals surface area (Å²) < 4.78 is 2.62. The van der Waals surface area contributed by atoms with Gasteiger partial charge in [-0.1, -0.05) is 12.8 Å². The molecule has 10 nitrogen and oxygen atoms in total. The predicted molar refractivity (Wildman–Crippen MR) is 114 cm³/mol. The fourth-order valence-corrected chi connectivity index (χ4v) is 4.72. The van der Waals surface area contributed by atoms with Gasteiger partial charge in [-0.15, -0.1) is 0 Å². The van der Waals surface area contributed by atoms with E-state index in [1.165, 1.54) is 18.3 Å². The molecule has 5 rings (SSSR count). The molecule has 2 aliphatic rings. The second-order valence-corrected chi connectivity index (χ2v) is 8.18. The van der Waals surface area contributed by atoms with Crippen LogP contribution in [-0.4, -0.2) is 41.5 Å². The Morgan fingerprint density at radius 2 is 1.94 bits per heavy atom. The highest BCUT2D eigenvalue weighted by Gasteiger charge is 2.34. The first-order chi connectivity index (χ1) is 15.5. The maximum Gasteiger partial charge on any atom is 0.259 e. The molecule has 4 heterocycles. The van der Waals surface area contributed by atoms with Crippen molar-refractivity contribution in [3.8, 4) is 17.3 Å². The molecule has 0 unspecified atom stereocenters. The van der Waals surface area contributed by atoms with Crippen molar-refractivity contribution in [1.82, 2.24) is 24.5 Å². The summed E-state index contributed by atoms with van der Waals surface area (Å²) in [6, 6.07) is 3.76. The number of aromatic nitrogens is 5. The Balaban J connectivity index is 1.72. The lowest BCUT2D eigenvalue weighted by Gasteiger charge is -2.21. The number of fused-ring (bicyclic) bond motifs is 1. The average Bonchev–Trinajstić information content (AvgIpc) is 3.55. The number of aryl methyl sites for hydroxylation is 1. The fourth-order valence-electron chi connectivity index (χ4n) is 4.72. The molecule has 32 heavy (non-hydrogen) atoms. The first-order valence-electron chi connectivity index (χ1n) is 10.6. The molecule has 1 aliphatic heterocycles. The number of hydrogen-bond donors (Lipinski definition) is 1. The van der Waals surface area contributed by atoms with Gasteiger partial charge in [0, 0.05) is 29.9 Å². The maximum absolute atomic E-state index is 12.5. The number of nitrogens with zero attached hydrogens (tertiary/aromatic N) is 7. The minimum Gasteiger partial charge on any atom is -0.427 e. The molecule has 0 aromatic carbocycles. The lowest BCUT2D eigenvalue weighted by atomic mass is 9.96. The number of rotatable bonds is 5. The van der Waals surface area contributed by atoms with Crippen LogP contribution < -0.4 is 4.90 Å². The van der Waals surface area contributed by atoms with E-state index in [4.69, 9.17) is 0 Å². The van der Waals surface area contributed by atoms with Crippen molar-refractivity contribution in [3.05, 3.63) is 36.4 Å². The van der Waals surface area contributed by atoms with Crippen LogP contribution in [-0.2, 0) is 9.59 Å². The predicted octanol–water partition coefficient (Wildman–Crippen LogP) is 2.91. The zero-order chi connectivity index (χ0) is 22.4. The maximum atomic E-state index is 12.5. The zero-order valence-electron chi connectivity index (χ0n) is 17.5. The highest BCUT2D eigenvalue weighted by molar-refractivity contribution is 6.28. The van der Waals surface area contributed by atoms with Crippen molar-refractivity contribution in [2.45, 2.75) is 45.1 Å². The molecule has 0 saturated heterocycles. The van der Waals surface area contributed by atoms with Crippen LogP contribution in [0.2, 0.25) is 0 Å². The Kier molecular flexibility index (Phi) is 4.74. The molecule has 1 N–H and O–H groups in total. The molecule has 3 aromatic rings. The van der Waals surface area contributed by atoms with E-state index in [9.17, 15) is 20.1 Å². The Bertz CT molecular complexity index is 1290. The lowest BCUT2D eigenvalue weighted by Crippen LogP contribution is -2.31. The van der Waals surface area contributed by atoms with Crippen LogP contribution >= 0.6 is 0 Å². The van der Waals surface area contributed by atoms with Crippen molar-refractivity contribution < 1.29 is 14.8 Å². The second kappa shape index (κ2) is 7.60. The summed E-state index contributed by atoms with van der Waals surface area (Å²) in [5.74, 6) is -0.0938. The third-order valence-corrected chi connectivity index (χ3v) is 6.21. The Morgan fingerprint density at radius 3 is 2.62 bits per heavy atom. The molecule has 1 fully saturated rings. The summed E-state index contributed by atoms with van der Waals surface area (Å²) >= 11 is 0. The first-order valence-corrected chi connectivity index (χ1v) is 10.6. The second-order valence-electron chi connectivity index (χ2n) is 8.18. The molecule has 10 heteroatoms. The lowest BCUT2D eigenvalue weighted by molar-refractivity contribution is -0.120. The molecule has 1 atom stereocenters. The molecular weight excluding hydrogens is 410 g/mol. The van der Waals surface area contributed by atoms with Crippen LogP contribution in [0.3, 0.4) is 0 Å². The molecule has 162 valence electrons. The van der Waals surface area contributed by atoms with Gasteiger partial charge in [0.1, 0.15) is 5.82 Å². The van der Waals surface area contributed by atoms with E-state index in [1.807, 2.05) is 0 Å². The van der Waals surface area contributed by atoms with Crippen molar-refractivity contribution >= 4 is 28.7 Å². The van der Waals surface area contributed by atoms with Crippen molar-refractivity contribution in [2.75, 3.05) is 4.90 Å². The van der Waals surface area contributed by atoms with E-state index in [2.05, 4.69) is 21.1 Å². The molecule has 0 spiro atoms. The number of nitriles is 1. The summed E-state index contributed by atoms with van der Waals surface area (Å²) in [7, 11) is 0. The van der Waals surface area contributed by atoms with Gasteiger partial charge >= 0.3 is 0 Å². The number of carbonyl (C=O) groups is 2. The van der Waals surface area contributed by atoms with Crippen LogP contribution in [0, 0.1) is 24.2 Å². The number of imide groups is 1. The van der Waals surface area contributed by atoms with Gasteiger partial charge in [-0.2, -0.15) is 15.1 Å². The van der Waals surface area contributed by atoms with Gasteiger partial charge in [0.2, 0.25) is 0 Å². The monoisotopic (exact) mass is 431 g/mol. The van der Waals surface area contributed by atoms with E-state index in [0.717, 1.165) is 35.3 Å². The number of anilines is 1. The van der Waals surface area contributed by atoms with Gasteiger partial charge < -0.3 is 5.21 Å². The summed E-state index contributed by atoms with van der Waals surface area (Å²) in [6.07, 6.45) is 10.1. The molecule has 2 amide bonds. The quantitative estimate of drug-likeness (QED) is 0.485. The van der Waals surface area contributed by atoms with E-state index in [1.54, 1.807) is 23.9 Å². The fraction of sp³-hybridized carbons (Fsp3) is 0.364. The summed E-state index contributed by atoms with van der Waals surface area (Å²) in [6.45, 7) is 1.70. The zero-order valence-corrected chi connectivity index (χ0v) is 17.5. The van der Waals surface area contributed by atoms with E-state index >= 15 is 0 Å². The Hall–Kier alpha value is -4.00. The molecule has 1 aliphatic carbocycles. The largest absolute Gasteiger partial charge is 0.427 e. The standard InChI is InChI=1S/C22H21N7O3/c1-13-24-20(15-9-11-28(32)21(15)25-13)16-12-27(17(8-10-23)14-4-2-3-5-14)26-22(16)29-18(30)6-7-19(29)31/h6-7,9,11-12,14,17,32H,2-5,8H2,1H3/t17-/m1/s1. The van der Waals surface area contributed by atoms with Crippen molar-refractivity contribution in [3.63, 3.8) is 0 Å². The van der Waals surface area contributed by atoms with Crippen LogP contribution in [0.15, 0.2) is 30.6 Å². The van der Waals surface area contributed by atoms with E-state index in [-0.39, 0.29) is 18.3 Å². The Morgan fingerprint density at radius 1 is 1.22 bits per heavy atom.